The molecule has 4 nitrogen and oxygen atoms in total. The van der Waals surface area contributed by atoms with E-state index < -0.39 is 11.9 Å². The van der Waals surface area contributed by atoms with E-state index in [-0.39, 0.29) is 12.0 Å². The van der Waals surface area contributed by atoms with Crippen LogP contribution in [0.25, 0.3) is 0 Å². The van der Waals surface area contributed by atoms with Crippen LogP contribution in [0.4, 0.5) is 0 Å². The molecule has 0 aliphatic carbocycles. The maximum Gasteiger partial charge on any atom is 0.330 e. The quantitative estimate of drug-likeness (QED) is 0.389. The van der Waals surface area contributed by atoms with Crippen molar-refractivity contribution in [3.63, 3.8) is 0 Å². The number of rotatable bonds is 4. The summed E-state index contributed by atoms with van der Waals surface area (Å²) in [6.07, 6.45) is 2.24. The average Bonchev–Trinajstić information content (AvgIpc) is 2.00. The molecule has 0 aromatic heterocycles. The van der Waals surface area contributed by atoms with Crippen molar-refractivity contribution in [2.75, 3.05) is 0 Å². The summed E-state index contributed by atoms with van der Waals surface area (Å²) in [6, 6.07) is 0. The number of esters is 1. The highest BCUT2D eigenvalue weighted by atomic mass is 16.5. The Bertz CT molecular complexity index is 227. The molecule has 0 saturated carbocycles. The summed E-state index contributed by atoms with van der Waals surface area (Å²) in [7, 11) is 0. The minimum Gasteiger partial charge on any atom is -0.478 e. The number of hydrogen-bond donors (Lipinski definition) is 1. The van der Waals surface area contributed by atoms with E-state index in [9.17, 15) is 9.59 Å². The molecule has 0 aromatic rings. The fourth-order valence-electron chi connectivity index (χ4n) is 0.465. The molecule has 0 aliphatic heterocycles. The number of ether oxygens (including phenoxy) is 1. The zero-order valence-corrected chi connectivity index (χ0v) is 6.74. The first-order valence-corrected chi connectivity index (χ1v) is 3.28. The predicted molar refractivity (Wildman–Crippen MR) is 42.3 cm³/mol. The van der Waals surface area contributed by atoms with Gasteiger partial charge >= 0.3 is 11.9 Å². The van der Waals surface area contributed by atoms with E-state index in [2.05, 4.69) is 11.3 Å². The van der Waals surface area contributed by atoms with Gasteiger partial charge in [0.05, 0.1) is 12.7 Å². The van der Waals surface area contributed by atoms with Gasteiger partial charge in [0.25, 0.3) is 0 Å². The Labute approximate surface area is 70.1 Å². The highest BCUT2D eigenvalue weighted by molar-refractivity contribution is 5.86. The molecule has 0 unspecified atom stereocenters. The van der Waals surface area contributed by atoms with Gasteiger partial charge in [0.2, 0.25) is 0 Å². The zero-order chi connectivity index (χ0) is 9.56. The summed E-state index contributed by atoms with van der Waals surface area (Å²) in [5, 5.41) is 8.38. The first kappa shape index (κ1) is 10.4. The van der Waals surface area contributed by atoms with E-state index in [1.54, 1.807) is 0 Å². The maximum absolute atomic E-state index is 10.6. The third-order valence-corrected chi connectivity index (χ3v) is 1.13. The minimum atomic E-state index is -1.04. The fourth-order valence-corrected chi connectivity index (χ4v) is 0.465. The van der Waals surface area contributed by atoms with Gasteiger partial charge in [-0.15, -0.1) is 0 Å². The van der Waals surface area contributed by atoms with Crippen LogP contribution >= 0.6 is 0 Å². The molecular formula is C8H10O4. The smallest absolute Gasteiger partial charge is 0.330 e. The molecule has 4 heteroatoms. The Hall–Kier alpha value is -1.58. The molecule has 0 aliphatic rings. The molecule has 0 bridgehead atoms. The van der Waals surface area contributed by atoms with Crippen LogP contribution in [0.1, 0.15) is 13.3 Å². The summed E-state index contributed by atoms with van der Waals surface area (Å²) in [4.78, 5) is 20.9. The van der Waals surface area contributed by atoms with Crippen molar-refractivity contribution in [1.29, 1.82) is 0 Å². The van der Waals surface area contributed by atoms with E-state index >= 15 is 0 Å². The minimum absolute atomic E-state index is 0.0514. The highest BCUT2D eigenvalue weighted by Gasteiger charge is 2.02. The molecule has 66 valence electrons. The number of carbonyl (C=O) groups excluding carboxylic acids is 1. The molecule has 1 N–H and O–H groups in total. The van der Waals surface area contributed by atoms with Crippen molar-refractivity contribution in [1.82, 2.24) is 0 Å². The summed E-state index contributed by atoms with van der Waals surface area (Å²) in [5.74, 6) is -1.56. The largest absolute Gasteiger partial charge is 0.478 e. The lowest BCUT2D eigenvalue weighted by molar-refractivity contribution is -0.136. The van der Waals surface area contributed by atoms with Gasteiger partial charge in [-0.25, -0.2) is 4.79 Å². The summed E-state index contributed by atoms with van der Waals surface area (Å²) in [5.41, 5.74) is 0.121. The second kappa shape index (κ2) is 5.12. The van der Waals surface area contributed by atoms with Crippen LogP contribution in [0.5, 0.6) is 0 Å². The second-order valence-corrected chi connectivity index (χ2v) is 2.05. The van der Waals surface area contributed by atoms with E-state index in [1.807, 2.05) is 0 Å². The lowest BCUT2D eigenvalue weighted by atomic mass is 10.2. The van der Waals surface area contributed by atoms with Gasteiger partial charge in [-0.1, -0.05) is 12.7 Å². The van der Waals surface area contributed by atoms with E-state index in [1.165, 1.54) is 13.0 Å². The van der Waals surface area contributed by atoms with Crippen molar-refractivity contribution in [2.24, 2.45) is 0 Å². The van der Waals surface area contributed by atoms with Crippen molar-refractivity contribution in [2.45, 2.75) is 13.3 Å². The monoisotopic (exact) mass is 170 g/mol. The van der Waals surface area contributed by atoms with Crippen molar-refractivity contribution < 1.29 is 19.4 Å². The first-order valence-electron chi connectivity index (χ1n) is 3.28. The van der Waals surface area contributed by atoms with E-state index in [4.69, 9.17) is 5.11 Å². The van der Waals surface area contributed by atoms with E-state index in [0.29, 0.717) is 0 Å². The summed E-state index contributed by atoms with van der Waals surface area (Å²) >= 11 is 0. The Morgan fingerprint density at radius 2 is 2.17 bits per heavy atom. The Balaban J connectivity index is 3.95. The third-order valence-electron chi connectivity index (χ3n) is 1.13. The van der Waals surface area contributed by atoms with Crippen LogP contribution in [-0.2, 0) is 14.3 Å². The second-order valence-electron chi connectivity index (χ2n) is 2.05. The zero-order valence-electron chi connectivity index (χ0n) is 6.74. The van der Waals surface area contributed by atoms with Crippen LogP contribution in [0.3, 0.4) is 0 Å². The summed E-state index contributed by atoms with van der Waals surface area (Å²) in [6.45, 7) is 4.59. The normalized spacial score (nSPS) is 10.6. The van der Waals surface area contributed by atoms with Gasteiger partial charge in [0.15, 0.2) is 0 Å². The number of carboxylic acid groups (broad SMARTS) is 1. The van der Waals surface area contributed by atoms with Gasteiger partial charge in [0, 0.05) is 5.57 Å². The molecule has 12 heavy (non-hydrogen) atoms. The molecule has 0 radical (unpaired) electrons. The summed E-state index contributed by atoms with van der Waals surface area (Å²) < 4.78 is 4.36. The predicted octanol–water partition coefficient (Wildman–Crippen LogP) is 1.09. The highest BCUT2D eigenvalue weighted by Crippen LogP contribution is 1.96. The Morgan fingerprint density at radius 1 is 1.58 bits per heavy atom. The topological polar surface area (TPSA) is 63.6 Å². The van der Waals surface area contributed by atoms with Crippen LogP contribution in [0.2, 0.25) is 0 Å². The van der Waals surface area contributed by atoms with Crippen LogP contribution in [-0.4, -0.2) is 17.0 Å². The van der Waals surface area contributed by atoms with Crippen molar-refractivity contribution in [3.8, 4) is 0 Å². The molecule has 0 fully saturated rings. The van der Waals surface area contributed by atoms with Crippen LogP contribution in [0, 0.1) is 0 Å². The SMILES string of the molecule is C=COC(=O)C/C=C(\C)C(=O)O. The molecule has 0 heterocycles. The van der Waals surface area contributed by atoms with Crippen LogP contribution < -0.4 is 0 Å². The first-order chi connectivity index (χ1) is 5.57. The molecule has 0 amide bonds. The lowest BCUT2D eigenvalue weighted by Crippen LogP contribution is -2.00. The van der Waals surface area contributed by atoms with Gasteiger partial charge < -0.3 is 9.84 Å². The van der Waals surface area contributed by atoms with Crippen LogP contribution in [0.15, 0.2) is 24.5 Å². The van der Waals surface area contributed by atoms with E-state index in [0.717, 1.165) is 6.26 Å². The Kier molecular flexibility index (Phi) is 4.45. The number of aliphatic carboxylic acids is 1. The molecule has 0 saturated heterocycles. The third kappa shape index (κ3) is 4.27. The fraction of sp³-hybridized carbons (Fsp3) is 0.250. The van der Waals surface area contributed by atoms with Gasteiger partial charge in [0.1, 0.15) is 0 Å². The maximum atomic E-state index is 10.6. The van der Waals surface area contributed by atoms with Gasteiger partial charge in [-0.2, -0.15) is 0 Å². The molecule has 0 spiro atoms. The molecular weight excluding hydrogens is 160 g/mol. The Morgan fingerprint density at radius 3 is 2.58 bits per heavy atom. The molecule has 0 rings (SSSR count). The number of carboxylic acids is 1. The van der Waals surface area contributed by atoms with Gasteiger partial charge in [-0.05, 0) is 6.92 Å². The van der Waals surface area contributed by atoms with Crippen molar-refractivity contribution >= 4 is 11.9 Å². The van der Waals surface area contributed by atoms with Gasteiger partial charge in [-0.3, -0.25) is 4.79 Å². The number of carbonyl (C=O) groups is 2. The molecule has 0 atom stereocenters. The standard InChI is InChI=1S/C8H10O4/c1-3-12-7(9)5-4-6(2)8(10)11/h3-4H,1,5H2,2H3,(H,10,11)/b6-4+. The van der Waals surface area contributed by atoms with Crippen molar-refractivity contribution in [3.05, 3.63) is 24.5 Å². The number of hydrogen-bond acceptors (Lipinski definition) is 3. The average molecular weight is 170 g/mol. The molecule has 0 aromatic carbocycles. The lowest BCUT2D eigenvalue weighted by Gasteiger charge is -1.94.